The van der Waals surface area contributed by atoms with Crippen molar-refractivity contribution < 1.29 is 19.4 Å². The Morgan fingerprint density at radius 3 is 2.45 bits per heavy atom. The summed E-state index contributed by atoms with van der Waals surface area (Å²) in [6.07, 6.45) is 1.28. The Hall–Kier alpha value is -3.80. The van der Waals surface area contributed by atoms with Crippen LogP contribution in [0.1, 0.15) is 22.3 Å². The van der Waals surface area contributed by atoms with Crippen molar-refractivity contribution in [2.24, 2.45) is 0 Å². The van der Waals surface area contributed by atoms with E-state index in [1.54, 1.807) is 36.4 Å². The standard InChI is InChI=1S/C23H18Cl2N4O4/c1-33-20-12-19(26-13-27-20)28-15-10-8-14(9-11-15)4-2-7-18(23(31)32)29-22(30)21-16(24)5-3-6-17(21)25/h3,5-6,8-13,18H,7H2,1H3,(H,29,30)(H,31,32)(H,26,27,28). The predicted octanol–water partition coefficient (Wildman–Crippen LogP) is 4.16. The van der Waals surface area contributed by atoms with Crippen molar-refractivity contribution in [1.82, 2.24) is 15.3 Å². The Balaban J connectivity index is 1.63. The highest BCUT2D eigenvalue weighted by atomic mass is 35.5. The minimum atomic E-state index is -1.23. The fraction of sp³-hybridized carbons (Fsp3) is 0.130. The maximum Gasteiger partial charge on any atom is 0.327 e. The number of hydrogen-bond donors (Lipinski definition) is 3. The number of carboxylic acids is 1. The van der Waals surface area contributed by atoms with Crippen LogP contribution in [0.3, 0.4) is 0 Å². The number of benzene rings is 2. The molecule has 0 bridgehead atoms. The van der Waals surface area contributed by atoms with Crippen molar-refractivity contribution in [2.75, 3.05) is 12.4 Å². The van der Waals surface area contributed by atoms with E-state index in [0.29, 0.717) is 17.3 Å². The van der Waals surface area contributed by atoms with Gasteiger partial charge in [-0.25, -0.2) is 14.8 Å². The molecule has 0 aliphatic heterocycles. The second-order valence-electron chi connectivity index (χ2n) is 6.61. The molecule has 168 valence electrons. The highest BCUT2D eigenvalue weighted by Crippen LogP contribution is 2.24. The fourth-order valence-corrected chi connectivity index (χ4v) is 3.27. The molecule has 0 saturated heterocycles. The van der Waals surface area contributed by atoms with Crippen LogP contribution in [0.4, 0.5) is 11.5 Å². The van der Waals surface area contributed by atoms with Gasteiger partial charge in [-0.1, -0.05) is 41.1 Å². The van der Waals surface area contributed by atoms with Crippen LogP contribution in [0, 0.1) is 11.8 Å². The summed E-state index contributed by atoms with van der Waals surface area (Å²) in [6.45, 7) is 0. The maximum absolute atomic E-state index is 12.4. The fourth-order valence-electron chi connectivity index (χ4n) is 2.70. The molecular weight excluding hydrogens is 467 g/mol. The molecule has 0 saturated carbocycles. The number of rotatable bonds is 7. The van der Waals surface area contributed by atoms with Gasteiger partial charge in [0.1, 0.15) is 18.2 Å². The molecule has 3 aromatic rings. The van der Waals surface area contributed by atoms with E-state index >= 15 is 0 Å². The zero-order valence-electron chi connectivity index (χ0n) is 17.3. The van der Waals surface area contributed by atoms with Crippen LogP contribution < -0.4 is 15.4 Å². The Morgan fingerprint density at radius 2 is 1.82 bits per heavy atom. The lowest BCUT2D eigenvalue weighted by molar-refractivity contribution is -0.139. The van der Waals surface area contributed by atoms with Crippen molar-refractivity contribution in [1.29, 1.82) is 0 Å². The van der Waals surface area contributed by atoms with Gasteiger partial charge in [-0.3, -0.25) is 4.79 Å². The number of hydrogen-bond acceptors (Lipinski definition) is 6. The Bertz CT molecular complexity index is 1200. The normalized spacial score (nSPS) is 11.0. The number of halogens is 2. The van der Waals surface area contributed by atoms with Crippen molar-refractivity contribution in [3.63, 3.8) is 0 Å². The molecule has 33 heavy (non-hydrogen) atoms. The number of carbonyl (C=O) groups excluding carboxylic acids is 1. The molecule has 0 aliphatic rings. The topological polar surface area (TPSA) is 113 Å². The summed E-state index contributed by atoms with van der Waals surface area (Å²) in [7, 11) is 1.52. The number of aliphatic carboxylic acids is 1. The number of carboxylic acid groups (broad SMARTS) is 1. The summed E-state index contributed by atoms with van der Waals surface area (Å²) < 4.78 is 5.06. The van der Waals surface area contributed by atoms with Crippen molar-refractivity contribution in [3.05, 3.63) is 76.0 Å². The van der Waals surface area contributed by atoms with Crippen LogP contribution in [0.5, 0.6) is 5.88 Å². The molecule has 10 heteroatoms. The van der Waals surface area contributed by atoms with Gasteiger partial charge in [0.25, 0.3) is 5.91 Å². The second kappa shape index (κ2) is 11.2. The van der Waals surface area contributed by atoms with Crippen LogP contribution in [0.2, 0.25) is 10.0 Å². The third-order valence-corrected chi connectivity index (χ3v) is 4.97. The van der Waals surface area contributed by atoms with Crippen LogP contribution in [0.25, 0.3) is 0 Å². The zero-order chi connectivity index (χ0) is 23.8. The summed E-state index contributed by atoms with van der Waals surface area (Å²) in [5.74, 6) is 4.77. The molecule has 3 N–H and O–H groups in total. The van der Waals surface area contributed by atoms with E-state index in [9.17, 15) is 14.7 Å². The molecule has 1 aromatic heterocycles. The lowest BCUT2D eigenvalue weighted by Crippen LogP contribution is -2.40. The smallest absolute Gasteiger partial charge is 0.327 e. The van der Waals surface area contributed by atoms with Gasteiger partial charge in [-0.2, -0.15) is 0 Å². The summed E-state index contributed by atoms with van der Waals surface area (Å²) in [6, 6.07) is 12.2. The molecule has 1 atom stereocenters. The van der Waals surface area contributed by atoms with Gasteiger partial charge in [0.2, 0.25) is 5.88 Å². The average Bonchev–Trinajstić information content (AvgIpc) is 2.79. The Morgan fingerprint density at radius 1 is 1.12 bits per heavy atom. The SMILES string of the molecule is COc1cc(Nc2ccc(C#CCC(NC(=O)c3c(Cl)cccc3Cl)C(=O)O)cc2)ncn1. The molecule has 0 radical (unpaired) electrons. The molecule has 8 nitrogen and oxygen atoms in total. The van der Waals surface area contributed by atoms with Gasteiger partial charge in [0, 0.05) is 23.7 Å². The van der Waals surface area contributed by atoms with Crippen LogP contribution in [-0.4, -0.2) is 40.1 Å². The third-order valence-electron chi connectivity index (χ3n) is 4.34. The number of nitrogens with zero attached hydrogens (tertiary/aromatic N) is 2. The first kappa shape index (κ1) is 23.9. The highest BCUT2D eigenvalue weighted by Gasteiger charge is 2.22. The summed E-state index contributed by atoms with van der Waals surface area (Å²) in [5, 5.41) is 15.2. The summed E-state index contributed by atoms with van der Waals surface area (Å²) in [4.78, 5) is 32.1. The molecule has 1 heterocycles. The number of carbonyl (C=O) groups is 2. The number of methoxy groups -OCH3 is 1. The van der Waals surface area contributed by atoms with Gasteiger partial charge in [0.05, 0.1) is 22.7 Å². The maximum atomic E-state index is 12.4. The lowest BCUT2D eigenvalue weighted by atomic mass is 10.1. The van der Waals surface area contributed by atoms with Gasteiger partial charge < -0.3 is 20.5 Å². The minimum Gasteiger partial charge on any atom is -0.481 e. The Labute approximate surface area is 199 Å². The van der Waals surface area contributed by atoms with E-state index in [-0.39, 0.29) is 22.0 Å². The number of nitrogens with one attached hydrogen (secondary N) is 2. The van der Waals surface area contributed by atoms with E-state index in [1.807, 2.05) is 0 Å². The lowest BCUT2D eigenvalue weighted by Gasteiger charge is -2.13. The highest BCUT2D eigenvalue weighted by molar-refractivity contribution is 6.39. The first-order chi connectivity index (χ1) is 15.9. The van der Waals surface area contributed by atoms with E-state index < -0.39 is 17.9 Å². The van der Waals surface area contributed by atoms with Crippen molar-refractivity contribution in [2.45, 2.75) is 12.5 Å². The number of aromatic nitrogens is 2. The quantitative estimate of drug-likeness (QED) is 0.431. The molecule has 1 amide bonds. The van der Waals surface area contributed by atoms with Crippen molar-refractivity contribution in [3.8, 4) is 17.7 Å². The van der Waals surface area contributed by atoms with Crippen LogP contribution in [0.15, 0.2) is 54.9 Å². The molecule has 0 fully saturated rings. The number of ether oxygens (including phenoxy) is 1. The molecule has 2 aromatic carbocycles. The largest absolute Gasteiger partial charge is 0.481 e. The first-order valence-corrected chi connectivity index (χ1v) is 10.3. The predicted molar refractivity (Wildman–Crippen MR) is 125 cm³/mol. The first-order valence-electron chi connectivity index (χ1n) is 9.57. The Kier molecular flexibility index (Phi) is 8.08. The summed E-state index contributed by atoms with van der Waals surface area (Å²) in [5.41, 5.74) is 1.46. The van der Waals surface area contributed by atoms with E-state index in [2.05, 4.69) is 32.4 Å². The second-order valence-corrected chi connectivity index (χ2v) is 7.43. The summed E-state index contributed by atoms with van der Waals surface area (Å²) >= 11 is 12.0. The third kappa shape index (κ3) is 6.59. The average molecular weight is 485 g/mol. The molecule has 1 unspecified atom stereocenters. The van der Waals surface area contributed by atoms with Crippen LogP contribution in [-0.2, 0) is 4.79 Å². The van der Waals surface area contributed by atoms with Gasteiger partial charge in [-0.15, -0.1) is 0 Å². The van der Waals surface area contributed by atoms with Gasteiger partial charge in [-0.05, 0) is 36.4 Å². The molecule has 0 spiro atoms. The van der Waals surface area contributed by atoms with E-state index in [1.165, 1.54) is 25.6 Å². The van der Waals surface area contributed by atoms with E-state index in [0.717, 1.165) is 5.69 Å². The molecular formula is C23H18Cl2N4O4. The molecule has 3 rings (SSSR count). The minimum absolute atomic E-state index is 0.0180. The van der Waals surface area contributed by atoms with Crippen LogP contribution >= 0.6 is 23.2 Å². The molecule has 0 aliphatic carbocycles. The van der Waals surface area contributed by atoms with E-state index in [4.69, 9.17) is 27.9 Å². The number of amides is 1. The van der Waals surface area contributed by atoms with Gasteiger partial charge >= 0.3 is 5.97 Å². The zero-order valence-corrected chi connectivity index (χ0v) is 18.8. The van der Waals surface area contributed by atoms with Crippen molar-refractivity contribution >= 4 is 46.6 Å². The van der Waals surface area contributed by atoms with Gasteiger partial charge in [0.15, 0.2) is 0 Å². The monoisotopic (exact) mass is 484 g/mol. The number of anilines is 2.